The van der Waals surface area contributed by atoms with E-state index in [1.54, 1.807) is 0 Å². The molecule has 0 aromatic rings. The van der Waals surface area contributed by atoms with Gasteiger partial charge in [-0.05, 0) is 24.7 Å². The second kappa shape index (κ2) is 10.0. The summed E-state index contributed by atoms with van der Waals surface area (Å²) in [4.78, 5) is 0. The van der Waals surface area contributed by atoms with Crippen LogP contribution >= 0.6 is 15.9 Å². The van der Waals surface area contributed by atoms with E-state index in [0.29, 0.717) is 0 Å². The molecule has 0 heterocycles. The van der Waals surface area contributed by atoms with Gasteiger partial charge in [0.25, 0.3) is 0 Å². The van der Waals surface area contributed by atoms with Crippen LogP contribution in [0.5, 0.6) is 0 Å². The minimum absolute atomic E-state index is 0.918. The molecule has 0 aromatic heterocycles. The molecule has 0 nitrogen and oxygen atoms in total. The normalized spacial score (nSPS) is 15.4. The van der Waals surface area contributed by atoms with Gasteiger partial charge in [-0.1, -0.05) is 68.8 Å². The van der Waals surface area contributed by atoms with Crippen LogP contribution in [-0.4, -0.2) is 5.33 Å². The van der Waals surface area contributed by atoms with Crippen LogP contribution < -0.4 is 0 Å². The van der Waals surface area contributed by atoms with E-state index in [1.807, 2.05) is 0 Å². The zero-order valence-electron chi connectivity index (χ0n) is 10.2. The summed E-state index contributed by atoms with van der Waals surface area (Å²) >= 11 is 3.64. The van der Waals surface area contributed by atoms with Gasteiger partial charge in [0, 0.05) is 5.33 Å². The summed E-state index contributed by atoms with van der Waals surface area (Å²) in [7, 11) is 0. The predicted octanol–water partition coefficient (Wildman–Crippen LogP) is 5.40. The van der Waals surface area contributed by atoms with Gasteiger partial charge in [-0.15, -0.1) is 0 Å². The maximum Gasteiger partial charge on any atom is 0.00597 e. The lowest BCUT2D eigenvalue weighted by Crippen LogP contribution is -2.09. The number of unbranched alkanes of at least 4 members (excludes halogenated alkanes) is 1. The first-order valence-electron chi connectivity index (χ1n) is 6.34. The molecular weight excluding hydrogens is 236 g/mol. The van der Waals surface area contributed by atoms with Crippen molar-refractivity contribution in [3.05, 3.63) is 0 Å². The first kappa shape index (κ1) is 14.5. The van der Waals surface area contributed by atoms with Gasteiger partial charge >= 0.3 is 0 Å². The summed E-state index contributed by atoms with van der Waals surface area (Å²) in [5, 5.41) is 1.20. The molecule has 0 radical (unpaired) electrons. The van der Waals surface area contributed by atoms with Crippen LogP contribution in [0.25, 0.3) is 0 Å². The minimum Gasteiger partial charge on any atom is -0.0925 e. The number of hydrogen-bond acceptors (Lipinski definition) is 0. The SMILES string of the molecule is CCCCC(CC)CC(CBr)CCC. The Labute approximate surface area is 99.0 Å². The second-order valence-electron chi connectivity index (χ2n) is 4.46. The highest BCUT2D eigenvalue weighted by atomic mass is 79.9. The van der Waals surface area contributed by atoms with Crippen LogP contribution in [0.3, 0.4) is 0 Å². The quantitative estimate of drug-likeness (QED) is 0.488. The summed E-state index contributed by atoms with van der Waals surface area (Å²) in [5.74, 6) is 1.89. The van der Waals surface area contributed by atoms with Crippen LogP contribution in [0.1, 0.15) is 65.7 Å². The molecule has 0 saturated carbocycles. The fourth-order valence-electron chi connectivity index (χ4n) is 2.12. The van der Waals surface area contributed by atoms with E-state index in [9.17, 15) is 0 Å². The molecule has 86 valence electrons. The van der Waals surface area contributed by atoms with Crippen LogP contribution in [0.4, 0.5) is 0 Å². The Kier molecular flexibility index (Phi) is 10.4. The summed E-state index contributed by atoms with van der Waals surface area (Å²) in [6.45, 7) is 6.93. The van der Waals surface area contributed by atoms with Crippen molar-refractivity contribution in [2.45, 2.75) is 65.7 Å². The zero-order valence-corrected chi connectivity index (χ0v) is 11.8. The molecule has 2 unspecified atom stereocenters. The molecule has 2 atom stereocenters. The zero-order chi connectivity index (χ0) is 10.8. The van der Waals surface area contributed by atoms with Crippen LogP contribution in [-0.2, 0) is 0 Å². The number of rotatable bonds is 9. The van der Waals surface area contributed by atoms with E-state index in [4.69, 9.17) is 0 Å². The molecular formula is C13H27Br. The maximum atomic E-state index is 3.64. The lowest BCUT2D eigenvalue weighted by atomic mass is 9.87. The van der Waals surface area contributed by atoms with Crippen molar-refractivity contribution in [1.82, 2.24) is 0 Å². The molecule has 1 heteroatoms. The smallest absolute Gasteiger partial charge is 0.00597 e. The van der Waals surface area contributed by atoms with Gasteiger partial charge in [-0.3, -0.25) is 0 Å². The fraction of sp³-hybridized carbons (Fsp3) is 1.00. The van der Waals surface area contributed by atoms with Crippen LogP contribution in [0.2, 0.25) is 0 Å². The molecule has 0 amide bonds. The van der Waals surface area contributed by atoms with Crippen molar-refractivity contribution in [3.8, 4) is 0 Å². The van der Waals surface area contributed by atoms with E-state index >= 15 is 0 Å². The Balaban J connectivity index is 3.75. The van der Waals surface area contributed by atoms with Crippen molar-refractivity contribution < 1.29 is 0 Å². The van der Waals surface area contributed by atoms with Gasteiger partial charge < -0.3 is 0 Å². The summed E-state index contributed by atoms with van der Waals surface area (Å²) in [6, 6.07) is 0. The number of halogens is 1. The Morgan fingerprint density at radius 2 is 1.64 bits per heavy atom. The Hall–Kier alpha value is 0.480. The van der Waals surface area contributed by atoms with Crippen LogP contribution in [0, 0.1) is 11.8 Å². The molecule has 0 saturated heterocycles. The van der Waals surface area contributed by atoms with E-state index in [1.165, 1.54) is 50.3 Å². The summed E-state index contributed by atoms with van der Waals surface area (Å²) in [5.41, 5.74) is 0. The highest BCUT2D eigenvalue weighted by Crippen LogP contribution is 2.25. The standard InChI is InChI=1S/C13H27Br/c1-4-7-9-12(6-3)10-13(11-14)8-5-2/h12-13H,4-11H2,1-3H3. The molecule has 14 heavy (non-hydrogen) atoms. The Morgan fingerprint density at radius 1 is 0.929 bits per heavy atom. The highest BCUT2D eigenvalue weighted by Gasteiger charge is 2.13. The van der Waals surface area contributed by atoms with Gasteiger partial charge in [0.1, 0.15) is 0 Å². The van der Waals surface area contributed by atoms with Gasteiger partial charge in [-0.2, -0.15) is 0 Å². The van der Waals surface area contributed by atoms with Crippen molar-refractivity contribution in [2.75, 3.05) is 5.33 Å². The molecule has 0 aromatic carbocycles. The molecule has 0 aliphatic rings. The maximum absolute atomic E-state index is 3.64. The summed E-state index contributed by atoms with van der Waals surface area (Å²) in [6.07, 6.45) is 9.75. The first-order chi connectivity index (χ1) is 6.78. The molecule has 0 fully saturated rings. The lowest BCUT2D eigenvalue weighted by Gasteiger charge is -2.20. The molecule has 0 bridgehead atoms. The molecule has 0 N–H and O–H groups in total. The summed E-state index contributed by atoms with van der Waals surface area (Å²) < 4.78 is 0. The number of hydrogen-bond donors (Lipinski definition) is 0. The van der Waals surface area contributed by atoms with E-state index in [-0.39, 0.29) is 0 Å². The lowest BCUT2D eigenvalue weighted by molar-refractivity contribution is 0.343. The first-order valence-corrected chi connectivity index (χ1v) is 7.46. The number of alkyl halides is 1. The highest BCUT2D eigenvalue weighted by molar-refractivity contribution is 9.09. The topological polar surface area (TPSA) is 0 Å². The third-order valence-corrected chi connectivity index (χ3v) is 4.04. The van der Waals surface area contributed by atoms with Gasteiger partial charge in [-0.25, -0.2) is 0 Å². The fourth-order valence-corrected chi connectivity index (χ4v) is 2.71. The van der Waals surface area contributed by atoms with Crippen LogP contribution in [0.15, 0.2) is 0 Å². The average Bonchev–Trinajstić information content (AvgIpc) is 2.22. The van der Waals surface area contributed by atoms with Crippen molar-refractivity contribution in [2.24, 2.45) is 11.8 Å². The van der Waals surface area contributed by atoms with Gasteiger partial charge in [0.2, 0.25) is 0 Å². The molecule has 0 spiro atoms. The van der Waals surface area contributed by atoms with Gasteiger partial charge in [0.15, 0.2) is 0 Å². The average molecular weight is 263 g/mol. The Bertz CT molecular complexity index is 112. The second-order valence-corrected chi connectivity index (χ2v) is 5.11. The van der Waals surface area contributed by atoms with Crippen molar-refractivity contribution in [1.29, 1.82) is 0 Å². The van der Waals surface area contributed by atoms with E-state index < -0.39 is 0 Å². The monoisotopic (exact) mass is 262 g/mol. The minimum atomic E-state index is 0.918. The third-order valence-electron chi connectivity index (χ3n) is 3.13. The van der Waals surface area contributed by atoms with Crippen molar-refractivity contribution in [3.63, 3.8) is 0 Å². The van der Waals surface area contributed by atoms with E-state index in [2.05, 4.69) is 36.7 Å². The molecule has 0 aliphatic heterocycles. The molecule has 0 aliphatic carbocycles. The molecule has 0 rings (SSSR count). The predicted molar refractivity (Wildman–Crippen MR) is 70.1 cm³/mol. The van der Waals surface area contributed by atoms with Gasteiger partial charge in [0.05, 0.1) is 0 Å². The van der Waals surface area contributed by atoms with Crippen molar-refractivity contribution >= 4 is 15.9 Å². The van der Waals surface area contributed by atoms with E-state index in [0.717, 1.165) is 11.8 Å². The third kappa shape index (κ3) is 6.86. The Morgan fingerprint density at radius 3 is 2.07 bits per heavy atom. The largest absolute Gasteiger partial charge is 0.0925 e.